The molecule has 0 fully saturated rings. The van der Waals surface area contributed by atoms with E-state index >= 15 is 0 Å². The van der Waals surface area contributed by atoms with E-state index in [-0.39, 0.29) is 6.54 Å². The molecular weight excluding hydrogens is 363 g/mol. The van der Waals surface area contributed by atoms with Gasteiger partial charge in [-0.2, -0.15) is 13.2 Å². The fourth-order valence-electron chi connectivity index (χ4n) is 2.06. The van der Waals surface area contributed by atoms with Crippen molar-refractivity contribution in [3.8, 4) is 0 Å². The average Bonchev–Trinajstić information content (AvgIpc) is 2.52. The lowest BCUT2D eigenvalue weighted by atomic mass is 10.2. The maximum absolute atomic E-state index is 13.0. The number of para-hydroxylation sites is 1. The summed E-state index contributed by atoms with van der Waals surface area (Å²) in [6, 6.07) is 10.6. The zero-order chi connectivity index (χ0) is 18.0. The molecule has 0 aliphatic carbocycles. The molecule has 0 N–H and O–H groups in total. The largest absolute Gasteiger partial charge is 0.417 e. The van der Waals surface area contributed by atoms with E-state index in [1.807, 2.05) is 0 Å². The van der Waals surface area contributed by atoms with Crippen LogP contribution in [0.5, 0.6) is 0 Å². The lowest BCUT2D eigenvalue weighted by Gasteiger charge is -2.23. The minimum atomic E-state index is -4.75. The van der Waals surface area contributed by atoms with Gasteiger partial charge in [0.05, 0.1) is 27.7 Å². The number of sulfonamides is 1. The summed E-state index contributed by atoms with van der Waals surface area (Å²) in [5.74, 6) is 0. The Morgan fingerprint density at radius 3 is 2.29 bits per heavy atom. The highest BCUT2D eigenvalue weighted by atomic mass is 35.5. The Bertz CT molecular complexity index is 836. The first-order valence-corrected chi connectivity index (χ1v) is 8.55. The van der Waals surface area contributed by atoms with E-state index in [9.17, 15) is 21.6 Å². The number of benzene rings is 2. The molecule has 8 heteroatoms. The number of halogens is 4. The van der Waals surface area contributed by atoms with E-state index in [0.717, 1.165) is 16.4 Å². The summed E-state index contributed by atoms with van der Waals surface area (Å²) in [5, 5.41) is -0.559. The molecule has 2 aromatic carbocycles. The van der Waals surface area contributed by atoms with Crippen LogP contribution in [0.1, 0.15) is 5.56 Å². The summed E-state index contributed by atoms with van der Waals surface area (Å²) in [7, 11) is -4.21. The molecule has 0 aliphatic rings. The van der Waals surface area contributed by atoms with Crippen LogP contribution in [0, 0.1) is 0 Å². The molecule has 0 radical (unpaired) electrons. The second-order valence-electron chi connectivity index (χ2n) is 4.80. The van der Waals surface area contributed by atoms with E-state index in [1.54, 1.807) is 30.3 Å². The Morgan fingerprint density at radius 1 is 1.12 bits per heavy atom. The molecule has 0 saturated carbocycles. The van der Waals surface area contributed by atoms with Crippen molar-refractivity contribution in [2.75, 3.05) is 10.8 Å². The van der Waals surface area contributed by atoms with Gasteiger partial charge in [-0.3, -0.25) is 4.31 Å². The summed E-state index contributed by atoms with van der Waals surface area (Å²) >= 11 is 5.54. The number of alkyl halides is 3. The standard InChI is InChI=1S/C16H13ClF3NO2S/c1-2-10-21(12-6-4-3-5-7-12)24(22,23)13-8-9-15(17)14(11-13)16(18,19)20/h2-9,11H,1,10H2. The first-order chi connectivity index (χ1) is 11.2. The van der Waals surface area contributed by atoms with Crippen molar-refractivity contribution < 1.29 is 21.6 Å². The van der Waals surface area contributed by atoms with Crippen molar-refractivity contribution in [2.45, 2.75) is 11.1 Å². The molecule has 2 rings (SSSR count). The Balaban J connectivity index is 2.58. The van der Waals surface area contributed by atoms with Gasteiger partial charge in [0.25, 0.3) is 10.0 Å². The third kappa shape index (κ3) is 3.73. The average molecular weight is 376 g/mol. The first-order valence-electron chi connectivity index (χ1n) is 6.73. The van der Waals surface area contributed by atoms with Crippen LogP contribution in [0.3, 0.4) is 0 Å². The maximum Gasteiger partial charge on any atom is 0.417 e. The van der Waals surface area contributed by atoms with Crippen LogP contribution < -0.4 is 4.31 Å². The molecule has 0 saturated heterocycles. The molecule has 128 valence electrons. The van der Waals surface area contributed by atoms with Crippen molar-refractivity contribution in [3.63, 3.8) is 0 Å². The van der Waals surface area contributed by atoms with Gasteiger partial charge in [-0.1, -0.05) is 35.9 Å². The first kappa shape index (κ1) is 18.4. The molecule has 3 nitrogen and oxygen atoms in total. The van der Waals surface area contributed by atoms with Crippen LogP contribution in [-0.2, 0) is 16.2 Å². The van der Waals surface area contributed by atoms with E-state index < -0.39 is 31.7 Å². The van der Waals surface area contributed by atoms with Crippen LogP contribution in [0.25, 0.3) is 0 Å². The highest BCUT2D eigenvalue weighted by Crippen LogP contribution is 2.36. The molecule has 0 atom stereocenters. The van der Waals surface area contributed by atoms with Gasteiger partial charge in [0.1, 0.15) is 0 Å². The Morgan fingerprint density at radius 2 is 1.75 bits per heavy atom. The number of anilines is 1. The van der Waals surface area contributed by atoms with Crippen molar-refractivity contribution in [2.24, 2.45) is 0 Å². The van der Waals surface area contributed by atoms with Crippen LogP contribution in [0.15, 0.2) is 66.1 Å². The summed E-state index contributed by atoms with van der Waals surface area (Å²) in [6.45, 7) is 3.41. The van der Waals surface area contributed by atoms with Crippen molar-refractivity contribution >= 4 is 27.3 Å². The van der Waals surface area contributed by atoms with Crippen LogP contribution in [0.2, 0.25) is 5.02 Å². The second-order valence-corrected chi connectivity index (χ2v) is 7.07. The quantitative estimate of drug-likeness (QED) is 0.708. The Kier molecular flexibility index (Phi) is 5.25. The van der Waals surface area contributed by atoms with Crippen molar-refractivity contribution in [1.29, 1.82) is 0 Å². The molecule has 0 amide bonds. The minimum Gasteiger partial charge on any atom is -0.263 e. The molecule has 0 bridgehead atoms. The van der Waals surface area contributed by atoms with Gasteiger partial charge in [-0.15, -0.1) is 6.58 Å². The molecule has 2 aromatic rings. The summed E-state index contributed by atoms with van der Waals surface area (Å²) in [4.78, 5) is -0.495. The van der Waals surface area contributed by atoms with Gasteiger partial charge >= 0.3 is 6.18 Å². The number of hydrogen-bond donors (Lipinski definition) is 0. The molecule has 0 aromatic heterocycles. The number of rotatable bonds is 5. The van der Waals surface area contributed by atoms with Crippen molar-refractivity contribution in [3.05, 3.63) is 71.8 Å². The molecule has 24 heavy (non-hydrogen) atoms. The predicted molar refractivity (Wildman–Crippen MR) is 87.6 cm³/mol. The summed E-state index contributed by atoms with van der Waals surface area (Å²) in [6.07, 6.45) is -3.40. The smallest absolute Gasteiger partial charge is 0.263 e. The van der Waals surface area contributed by atoms with Gasteiger partial charge in [-0.25, -0.2) is 8.42 Å². The van der Waals surface area contributed by atoms with Gasteiger partial charge in [0.2, 0.25) is 0 Å². The van der Waals surface area contributed by atoms with Gasteiger partial charge in [0.15, 0.2) is 0 Å². The van der Waals surface area contributed by atoms with Crippen LogP contribution in [0.4, 0.5) is 18.9 Å². The van der Waals surface area contributed by atoms with Gasteiger partial charge in [0, 0.05) is 0 Å². The molecule has 0 aliphatic heterocycles. The zero-order valence-corrected chi connectivity index (χ0v) is 13.9. The highest BCUT2D eigenvalue weighted by Gasteiger charge is 2.35. The minimum absolute atomic E-state index is 0.0870. The lowest BCUT2D eigenvalue weighted by molar-refractivity contribution is -0.137. The van der Waals surface area contributed by atoms with Crippen LogP contribution in [-0.4, -0.2) is 15.0 Å². The molecular formula is C16H13ClF3NO2S. The van der Waals surface area contributed by atoms with E-state index in [0.29, 0.717) is 11.8 Å². The normalized spacial score (nSPS) is 12.0. The summed E-state index contributed by atoms with van der Waals surface area (Å²) in [5.41, 5.74) is -0.877. The third-order valence-electron chi connectivity index (χ3n) is 3.17. The van der Waals surface area contributed by atoms with E-state index in [2.05, 4.69) is 6.58 Å². The van der Waals surface area contributed by atoms with E-state index in [4.69, 9.17) is 11.6 Å². The Labute approximate surface area is 143 Å². The topological polar surface area (TPSA) is 37.4 Å². The number of nitrogens with zero attached hydrogens (tertiary/aromatic N) is 1. The van der Waals surface area contributed by atoms with Crippen molar-refractivity contribution in [1.82, 2.24) is 0 Å². The van der Waals surface area contributed by atoms with Gasteiger partial charge < -0.3 is 0 Å². The fraction of sp³-hybridized carbons (Fsp3) is 0.125. The lowest BCUT2D eigenvalue weighted by Crippen LogP contribution is -2.31. The summed E-state index contributed by atoms with van der Waals surface area (Å²) < 4.78 is 65.5. The molecule has 0 unspecified atom stereocenters. The molecule has 0 heterocycles. The van der Waals surface area contributed by atoms with Crippen LogP contribution >= 0.6 is 11.6 Å². The fourth-order valence-corrected chi connectivity index (χ4v) is 3.75. The number of hydrogen-bond acceptors (Lipinski definition) is 2. The second kappa shape index (κ2) is 6.86. The zero-order valence-electron chi connectivity index (χ0n) is 12.3. The monoisotopic (exact) mass is 375 g/mol. The SMILES string of the molecule is C=CCN(c1ccccc1)S(=O)(=O)c1ccc(Cl)c(C(F)(F)F)c1. The van der Waals surface area contributed by atoms with Gasteiger partial charge in [-0.05, 0) is 30.3 Å². The highest BCUT2D eigenvalue weighted by molar-refractivity contribution is 7.92. The maximum atomic E-state index is 13.0. The van der Waals surface area contributed by atoms with E-state index in [1.165, 1.54) is 6.08 Å². The molecule has 0 spiro atoms. The predicted octanol–water partition coefficient (Wildman–Crippen LogP) is 4.74. The third-order valence-corrected chi connectivity index (χ3v) is 5.29. The Hall–Kier alpha value is -1.99.